The van der Waals surface area contributed by atoms with Gasteiger partial charge in [-0.3, -0.25) is 15.0 Å². The van der Waals surface area contributed by atoms with Gasteiger partial charge in [0.05, 0.1) is 29.1 Å². The highest BCUT2D eigenvalue weighted by Crippen LogP contribution is 2.41. The number of nitrogens with one attached hydrogen (secondary N) is 1. The molecule has 2 unspecified atom stereocenters. The average molecular weight is 554 g/mol. The fourth-order valence-electron chi connectivity index (χ4n) is 5.25. The molecule has 0 aromatic heterocycles. The lowest BCUT2D eigenvalue weighted by molar-refractivity contribution is -0.384. The fraction of sp³-hybridized carbons (Fsp3) is 0.379. The van der Waals surface area contributed by atoms with Crippen molar-refractivity contribution in [2.75, 3.05) is 26.7 Å². The molecule has 1 fully saturated rings. The van der Waals surface area contributed by atoms with E-state index in [0.717, 1.165) is 31.5 Å². The summed E-state index contributed by atoms with van der Waals surface area (Å²) in [5.74, 6) is -2.19. The number of carbonyl (C=O) groups excluding carboxylic acids is 2. The maximum atomic E-state index is 14.0. The molecule has 2 heterocycles. The number of carbonyl (C=O) groups is 2. The quantitative estimate of drug-likeness (QED) is 0.262. The molecule has 9 nitrogen and oxygen atoms in total. The molecule has 2 aliphatic heterocycles. The van der Waals surface area contributed by atoms with Crippen molar-refractivity contribution < 1.29 is 24.0 Å². The van der Waals surface area contributed by atoms with Gasteiger partial charge in [0.15, 0.2) is 0 Å². The highest BCUT2D eigenvalue weighted by molar-refractivity contribution is 6.30. The van der Waals surface area contributed by atoms with Gasteiger partial charge in [0.1, 0.15) is 6.10 Å². The van der Waals surface area contributed by atoms with Crippen molar-refractivity contribution in [1.29, 1.82) is 0 Å². The summed E-state index contributed by atoms with van der Waals surface area (Å²) < 4.78 is 11.2. The van der Waals surface area contributed by atoms with E-state index in [1.165, 1.54) is 31.7 Å². The van der Waals surface area contributed by atoms with E-state index in [0.29, 0.717) is 28.5 Å². The number of allylic oxidation sites excluding steroid dienone is 2. The van der Waals surface area contributed by atoms with Gasteiger partial charge < -0.3 is 14.8 Å². The summed E-state index contributed by atoms with van der Waals surface area (Å²) in [4.78, 5) is 40.2. The van der Waals surface area contributed by atoms with E-state index < -0.39 is 28.9 Å². The molecule has 0 spiro atoms. The third kappa shape index (κ3) is 6.49. The molecule has 0 saturated carbocycles. The van der Waals surface area contributed by atoms with E-state index in [-0.39, 0.29) is 16.8 Å². The van der Waals surface area contributed by atoms with Gasteiger partial charge in [-0.25, -0.2) is 9.59 Å². The summed E-state index contributed by atoms with van der Waals surface area (Å²) in [6, 6.07) is 13.1. The number of halogens is 1. The van der Waals surface area contributed by atoms with Crippen LogP contribution in [0.3, 0.4) is 0 Å². The summed E-state index contributed by atoms with van der Waals surface area (Å²) in [5, 5.41) is 15.2. The second-order valence-electron chi connectivity index (χ2n) is 9.79. The third-order valence-electron chi connectivity index (χ3n) is 7.16. The molecule has 0 amide bonds. The van der Waals surface area contributed by atoms with Crippen molar-refractivity contribution in [1.82, 2.24) is 10.2 Å². The number of nitrogens with zero attached hydrogens (tertiary/aromatic N) is 2. The molecule has 10 heteroatoms. The Bertz CT molecular complexity index is 1310. The van der Waals surface area contributed by atoms with Gasteiger partial charge in [-0.2, -0.15) is 0 Å². The van der Waals surface area contributed by atoms with Crippen LogP contribution in [-0.2, 0) is 19.1 Å². The van der Waals surface area contributed by atoms with Crippen LogP contribution in [0.1, 0.15) is 56.3 Å². The van der Waals surface area contributed by atoms with E-state index in [1.807, 2.05) is 12.1 Å². The molecule has 206 valence electrons. The lowest BCUT2D eigenvalue weighted by Gasteiger charge is -2.33. The monoisotopic (exact) mass is 553 g/mol. The number of methoxy groups -OCH3 is 1. The summed E-state index contributed by atoms with van der Waals surface area (Å²) in [6.45, 7) is 5.76. The van der Waals surface area contributed by atoms with E-state index >= 15 is 0 Å². The number of hydrogen-bond acceptors (Lipinski definition) is 8. The standard InChI is InChI=1S/C29H32ClN3O6/c1-18-25(28(34)38-3)27(21-8-7-9-23(16-21)33(36)37)26(19(2)31-18)29(35)39-24(17-32-14-5-4-6-15-32)20-10-12-22(30)13-11-20/h7-13,16,24,27,31H,4-6,14-15,17H2,1-3H3. The first-order valence-corrected chi connectivity index (χ1v) is 13.3. The van der Waals surface area contributed by atoms with Crippen molar-refractivity contribution in [3.63, 3.8) is 0 Å². The van der Waals surface area contributed by atoms with Crippen molar-refractivity contribution in [2.24, 2.45) is 0 Å². The highest BCUT2D eigenvalue weighted by Gasteiger charge is 2.39. The summed E-state index contributed by atoms with van der Waals surface area (Å²) in [6.07, 6.45) is 2.74. The molecule has 4 rings (SSSR count). The number of hydrogen-bond donors (Lipinski definition) is 1. The zero-order chi connectivity index (χ0) is 28.1. The van der Waals surface area contributed by atoms with Crippen LogP contribution in [0.5, 0.6) is 0 Å². The number of likely N-dealkylation sites (tertiary alicyclic amines) is 1. The topological polar surface area (TPSA) is 111 Å². The van der Waals surface area contributed by atoms with Crippen LogP contribution in [0.25, 0.3) is 0 Å². The van der Waals surface area contributed by atoms with Gasteiger partial charge in [-0.1, -0.05) is 42.3 Å². The number of benzene rings is 2. The maximum Gasteiger partial charge on any atom is 0.337 e. The average Bonchev–Trinajstić information content (AvgIpc) is 2.93. The van der Waals surface area contributed by atoms with Crippen LogP contribution < -0.4 is 5.32 Å². The van der Waals surface area contributed by atoms with Crippen LogP contribution in [0.2, 0.25) is 5.02 Å². The number of rotatable bonds is 8. The van der Waals surface area contributed by atoms with Gasteiger partial charge in [0.25, 0.3) is 5.69 Å². The van der Waals surface area contributed by atoms with Crippen molar-refractivity contribution in [3.05, 3.63) is 97.3 Å². The first kappa shape index (κ1) is 28.3. The van der Waals surface area contributed by atoms with E-state index in [9.17, 15) is 19.7 Å². The van der Waals surface area contributed by atoms with Crippen LogP contribution >= 0.6 is 11.6 Å². The molecule has 0 radical (unpaired) electrons. The minimum Gasteiger partial charge on any atom is -0.466 e. The Hall–Kier alpha value is -3.69. The number of nitro benzene ring substituents is 1. The lowest BCUT2D eigenvalue weighted by atomic mass is 9.80. The molecule has 2 aromatic carbocycles. The highest BCUT2D eigenvalue weighted by atomic mass is 35.5. The second-order valence-corrected chi connectivity index (χ2v) is 10.2. The third-order valence-corrected chi connectivity index (χ3v) is 7.42. The molecular formula is C29H32ClN3O6. The molecule has 39 heavy (non-hydrogen) atoms. The Morgan fingerprint density at radius 3 is 2.31 bits per heavy atom. The fourth-order valence-corrected chi connectivity index (χ4v) is 5.38. The zero-order valence-corrected chi connectivity index (χ0v) is 23.0. The number of piperidine rings is 1. The first-order valence-electron chi connectivity index (χ1n) is 12.9. The number of dihydropyridines is 1. The van der Waals surface area contributed by atoms with Crippen molar-refractivity contribution in [2.45, 2.75) is 45.1 Å². The van der Waals surface area contributed by atoms with Crippen LogP contribution in [-0.4, -0.2) is 48.5 Å². The number of nitro groups is 1. The maximum absolute atomic E-state index is 14.0. The van der Waals surface area contributed by atoms with Gasteiger partial charge in [0.2, 0.25) is 0 Å². The van der Waals surface area contributed by atoms with Crippen LogP contribution in [0, 0.1) is 10.1 Å². The van der Waals surface area contributed by atoms with E-state index in [2.05, 4.69) is 10.2 Å². The predicted molar refractivity (Wildman–Crippen MR) is 147 cm³/mol. The van der Waals surface area contributed by atoms with Gasteiger partial charge in [0, 0.05) is 35.1 Å². The summed E-state index contributed by atoms with van der Waals surface area (Å²) >= 11 is 6.12. The Balaban J connectivity index is 1.74. The molecule has 1 saturated heterocycles. The molecule has 0 bridgehead atoms. The molecule has 2 aromatic rings. The molecule has 1 N–H and O–H groups in total. The van der Waals surface area contributed by atoms with E-state index in [4.69, 9.17) is 21.1 Å². The number of ether oxygens (including phenoxy) is 2. The second kappa shape index (κ2) is 12.4. The Kier molecular flexibility index (Phi) is 9.04. The summed E-state index contributed by atoms with van der Waals surface area (Å²) in [7, 11) is 1.26. The van der Waals surface area contributed by atoms with Crippen LogP contribution in [0.4, 0.5) is 5.69 Å². The zero-order valence-electron chi connectivity index (χ0n) is 22.2. The predicted octanol–water partition coefficient (Wildman–Crippen LogP) is 5.43. The number of esters is 2. The smallest absolute Gasteiger partial charge is 0.337 e. The Morgan fingerprint density at radius 2 is 1.69 bits per heavy atom. The van der Waals surface area contributed by atoms with Crippen molar-refractivity contribution >= 4 is 29.2 Å². The normalized spacial score (nSPS) is 18.8. The van der Waals surface area contributed by atoms with Crippen molar-refractivity contribution in [3.8, 4) is 0 Å². The number of non-ortho nitro benzene ring substituents is 1. The van der Waals surface area contributed by atoms with Gasteiger partial charge in [-0.15, -0.1) is 0 Å². The molecule has 2 aliphatic rings. The summed E-state index contributed by atoms with van der Waals surface area (Å²) in [5.41, 5.74) is 2.43. The van der Waals surface area contributed by atoms with Crippen LogP contribution in [0.15, 0.2) is 71.1 Å². The Labute approximate surface area is 232 Å². The van der Waals surface area contributed by atoms with Gasteiger partial charge in [-0.05, 0) is 63.0 Å². The first-order chi connectivity index (χ1) is 18.7. The lowest BCUT2D eigenvalue weighted by Crippen LogP contribution is -2.36. The SMILES string of the molecule is COC(=O)C1=C(C)NC(C)=C(C(=O)OC(CN2CCCCC2)c2ccc(Cl)cc2)C1c1cccc([N+](=O)[O-])c1. The molecular weight excluding hydrogens is 522 g/mol. The van der Waals surface area contributed by atoms with E-state index in [1.54, 1.807) is 32.0 Å². The minimum atomic E-state index is -0.924. The minimum absolute atomic E-state index is 0.151. The Morgan fingerprint density at radius 1 is 1.05 bits per heavy atom. The van der Waals surface area contributed by atoms with Gasteiger partial charge >= 0.3 is 11.9 Å². The molecule has 2 atom stereocenters. The largest absolute Gasteiger partial charge is 0.466 e. The molecule has 0 aliphatic carbocycles.